The van der Waals surface area contributed by atoms with Crippen LogP contribution in [0.3, 0.4) is 0 Å². The standard InChI is InChI=1S/C14H17ClN2O2/c1-2-11-5-3-6-12(9-11)18-10-14-17-16-13(19-14)7-4-8-15/h3,5-6,9H,2,4,7-8,10H2,1H3. The van der Waals surface area contributed by atoms with Crippen molar-refractivity contribution in [3.05, 3.63) is 41.6 Å². The van der Waals surface area contributed by atoms with Crippen molar-refractivity contribution in [2.24, 2.45) is 0 Å². The van der Waals surface area contributed by atoms with Crippen molar-refractivity contribution >= 4 is 11.6 Å². The first-order chi connectivity index (χ1) is 9.31. The maximum absolute atomic E-state index is 5.63. The van der Waals surface area contributed by atoms with Crippen LogP contribution in [0.15, 0.2) is 28.7 Å². The Morgan fingerprint density at radius 3 is 2.89 bits per heavy atom. The van der Waals surface area contributed by atoms with Gasteiger partial charge in [-0.05, 0) is 30.5 Å². The highest BCUT2D eigenvalue weighted by Crippen LogP contribution is 2.15. The first kappa shape index (κ1) is 13.9. The molecule has 0 bridgehead atoms. The van der Waals surface area contributed by atoms with Gasteiger partial charge in [-0.3, -0.25) is 0 Å². The maximum atomic E-state index is 5.63. The zero-order chi connectivity index (χ0) is 13.5. The number of benzene rings is 1. The van der Waals surface area contributed by atoms with Crippen LogP contribution >= 0.6 is 11.6 Å². The van der Waals surface area contributed by atoms with Crippen LogP contribution in [0, 0.1) is 0 Å². The van der Waals surface area contributed by atoms with Gasteiger partial charge in [0.2, 0.25) is 5.89 Å². The Morgan fingerprint density at radius 1 is 1.26 bits per heavy atom. The van der Waals surface area contributed by atoms with Gasteiger partial charge >= 0.3 is 0 Å². The van der Waals surface area contributed by atoms with E-state index in [-0.39, 0.29) is 0 Å². The quantitative estimate of drug-likeness (QED) is 0.730. The van der Waals surface area contributed by atoms with Crippen LogP contribution in [0.1, 0.15) is 30.7 Å². The molecule has 0 saturated heterocycles. The third-order valence-electron chi connectivity index (χ3n) is 2.70. The molecule has 1 aromatic heterocycles. The van der Waals surface area contributed by atoms with Gasteiger partial charge in [0.25, 0.3) is 5.89 Å². The van der Waals surface area contributed by atoms with E-state index < -0.39 is 0 Å². The molecule has 102 valence electrons. The van der Waals surface area contributed by atoms with E-state index in [0.29, 0.717) is 30.7 Å². The lowest BCUT2D eigenvalue weighted by molar-refractivity contribution is 0.258. The van der Waals surface area contributed by atoms with E-state index in [1.165, 1.54) is 5.56 Å². The van der Waals surface area contributed by atoms with Gasteiger partial charge in [-0.25, -0.2) is 0 Å². The number of alkyl halides is 1. The maximum Gasteiger partial charge on any atom is 0.253 e. The highest BCUT2D eigenvalue weighted by molar-refractivity contribution is 6.17. The Bertz CT molecular complexity index is 514. The highest BCUT2D eigenvalue weighted by atomic mass is 35.5. The number of halogens is 1. The monoisotopic (exact) mass is 280 g/mol. The van der Waals surface area contributed by atoms with Crippen LogP contribution in [0.2, 0.25) is 0 Å². The molecule has 4 nitrogen and oxygen atoms in total. The summed E-state index contributed by atoms with van der Waals surface area (Å²) in [5, 5.41) is 7.89. The Hall–Kier alpha value is -1.55. The van der Waals surface area contributed by atoms with Crippen molar-refractivity contribution < 1.29 is 9.15 Å². The first-order valence-electron chi connectivity index (χ1n) is 6.40. The molecular formula is C14H17ClN2O2. The predicted molar refractivity (Wildman–Crippen MR) is 73.5 cm³/mol. The van der Waals surface area contributed by atoms with Gasteiger partial charge in [0.05, 0.1) is 0 Å². The minimum Gasteiger partial charge on any atom is -0.484 e. The molecule has 0 aliphatic rings. The lowest BCUT2D eigenvalue weighted by Crippen LogP contribution is -1.96. The molecular weight excluding hydrogens is 264 g/mol. The topological polar surface area (TPSA) is 48.2 Å². The third kappa shape index (κ3) is 4.24. The van der Waals surface area contributed by atoms with Crippen molar-refractivity contribution in [3.8, 4) is 5.75 Å². The van der Waals surface area contributed by atoms with E-state index in [1.54, 1.807) is 0 Å². The summed E-state index contributed by atoms with van der Waals surface area (Å²) < 4.78 is 11.1. The van der Waals surface area contributed by atoms with E-state index in [0.717, 1.165) is 18.6 Å². The molecule has 0 spiro atoms. The fraction of sp³-hybridized carbons (Fsp3) is 0.429. The Labute approximate surface area is 117 Å². The second kappa shape index (κ2) is 7.14. The molecule has 0 atom stereocenters. The second-order valence-electron chi connectivity index (χ2n) is 4.17. The predicted octanol–water partition coefficient (Wildman–Crippen LogP) is 3.38. The average molecular weight is 281 g/mol. The van der Waals surface area contributed by atoms with Gasteiger partial charge in [0.1, 0.15) is 5.75 Å². The molecule has 0 aliphatic heterocycles. The molecule has 2 rings (SSSR count). The Kier molecular flexibility index (Phi) is 5.21. The number of aromatic nitrogens is 2. The Morgan fingerprint density at radius 2 is 2.11 bits per heavy atom. The molecule has 5 heteroatoms. The van der Waals surface area contributed by atoms with Crippen molar-refractivity contribution in [1.82, 2.24) is 10.2 Å². The summed E-state index contributed by atoms with van der Waals surface area (Å²) >= 11 is 5.61. The van der Waals surface area contributed by atoms with E-state index in [9.17, 15) is 0 Å². The van der Waals surface area contributed by atoms with Crippen LogP contribution < -0.4 is 4.74 Å². The molecule has 1 heterocycles. The number of aryl methyl sites for hydroxylation is 2. The minimum atomic E-state index is 0.293. The zero-order valence-corrected chi connectivity index (χ0v) is 11.7. The van der Waals surface area contributed by atoms with Crippen molar-refractivity contribution in [2.45, 2.75) is 32.8 Å². The Balaban J connectivity index is 1.89. The lowest BCUT2D eigenvalue weighted by Gasteiger charge is -2.04. The average Bonchev–Trinajstić information content (AvgIpc) is 2.91. The molecule has 19 heavy (non-hydrogen) atoms. The number of hydrogen-bond acceptors (Lipinski definition) is 4. The molecule has 1 aromatic carbocycles. The number of hydrogen-bond donors (Lipinski definition) is 0. The van der Waals surface area contributed by atoms with Crippen molar-refractivity contribution in [1.29, 1.82) is 0 Å². The van der Waals surface area contributed by atoms with E-state index >= 15 is 0 Å². The number of rotatable bonds is 7. The fourth-order valence-corrected chi connectivity index (χ4v) is 1.80. The molecule has 0 amide bonds. The molecule has 2 aromatic rings. The molecule has 0 unspecified atom stereocenters. The van der Waals surface area contributed by atoms with Gasteiger partial charge in [0.15, 0.2) is 6.61 Å². The van der Waals surface area contributed by atoms with Crippen molar-refractivity contribution in [2.75, 3.05) is 5.88 Å². The van der Waals surface area contributed by atoms with Crippen LogP contribution in [-0.2, 0) is 19.4 Å². The van der Waals surface area contributed by atoms with Gasteiger partial charge in [-0.2, -0.15) is 0 Å². The fourth-order valence-electron chi connectivity index (χ4n) is 1.67. The second-order valence-corrected chi connectivity index (χ2v) is 4.55. The van der Waals surface area contributed by atoms with E-state index in [1.807, 2.05) is 18.2 Å². The summed E-state index contributed by atoms with van der Waals surface area (Å²) in [5.74, 6) is 2.52. The highest BCUT2D eigenvalue weighted by Gasteiger charge is 2.06. The normalized spacial score (nSPS) is 10.6. The van der Waals surface area contributed by atoms with Crippen molar-refractivity contribution in [3.63, 3.8) is 0 Å². The zero-order valence-electron chi connectivity index (χ0n) is 10.9. The van der Waals surface area contributed by atoms with Crippen LogP contribution in [0.5, 0.6) is 5.75 Å². The van der Waals surface area contributed by atoms with Crippen LogP contribution in [0.25, 0.3) is 0 Å². The molecule has 0 fully saturated rings. The summed E-state index contributed by atoms with van der Waals surface area (Å²) in [6, 6.07) is 7.99. The molecule has 0 saturated carbocycles. The molecule has 0 radical (unpaired) electrons. The van der Waals surface area contributed by atoms with Gasteiger partial charge in [0, 0.05) is 12.3 Å². The van der Waals surface area contributed by atoms with Gasteiger partial charge < -0.3 is 9.15 Å². The summed E-state index contributed by atoms with van der Waals surface area (Å²) in [5.41, 5.74) is 1.24. The summed E-state index contributed by atoms with van der Waals surface area (Å²) in [6.45, 7) is 2.40. The van der Waals surface area contributed by atoms with Gasteiger partial charge in [-0.15, -0.1) is 21.8 Å². The number of nitrogens with zero attached hydrogens (tertiary/aromatic N) is 2. The summed E-state index contributed by atoms with van der Waals surface area (Å²) in [7, 11) is 0. The van der Waals surface area contributed by atoms with Crippen LogP contribution in [0.4, 0.5) is 0 Å². The number of ether oxygens (including phenoxy) is 1. The van der Waals surface area contributed by atoms with Gasteiger partial charge in [-0.1, -0.05) is 19.1 Å². The van der Waals surface area contributed by atoms with E-state index in [4.69, 9.17) is 20.8 Å². The smallest absolute Gasteiger partial charge is 0.253 e. The molecule has 0 N–H and O–H groups in total. The van der Waals surface area contributed by atoms with E-state index in [2.05, 4.69) is 23.2 Å². The molecule has 0 aliphatic carbocycles. The first-order valence-corrected chi connectivity index (χ1v) is 6.94. The minimum absolute atomic E-state index is 0.293. The third-order valence-corrected chi connectivity index (χ3v) is 2.97. The largest absolute Gasteiger partial charge is 0.484 e. The summed E-state index contributed by atoms with van der Waals surface area (Å²) in [4.78, 5) is 0. The SMILES string of the molecule is CCc1cccc(OCc2nnc(CCCCl)o2)c1. The summed E-state index contributed by atoms with van der Waals surface area (Å²) in [6.07, 6.45) is 2.53. The van der Waals surface area contributed by atoms with Crippen LogP contribution in [-0.4, -0.2) is 16.1 Å². The lowest BCUT2D eigenvalue weighted by atomic mass is 10.2.